The number of methoxy groups -OCH3 is 1. The Balaban J connectivity index is 2.40. The van der Waals surface area contributed by atoms with Gasteiger partial charge in [-0.2, -0.15) is 0 Å². The van der Waals surface area contributed by atoms with Crippen molar-refractivity contribution in [2.24, 2.45) is 5.92 Å². The van der Waals surface area contributed by atoms with Gasteiger partial charge in [-0.3, -0.25) is 4.79 Å². The molecular formula is C12H13Cl2NO2. The summed E-state index contributed by atoms with van der Waals surface area (Å²) in [5, 5.41) is 0.873. The third-order valence-corrected chi connectivity index (χ3v) is 3.98. The molecule has 1 aliphatic carbocycles. The highest BCUT2D eigenvalue weighted by Crippen LogP contribution is 2.34. The van der Waals surface area contributed by atoms with Crippen LogP contribution in [0.3, 0.4) is 0 Å². The van der Waals surface area contributed by atoms with E-state index >= 15 is 0 Å². The molecule has 0 bridgehead atoms. The van der Waals surface area contributed by atoms with Crippen LogP contribution < -0.4 is 0 Å². The number of fused-ring (bicyclic) bond motifs is 1. The van der Waals surface area contributed by atoms with Crippen LogP contribution in [0, 0.1) is 12.8 Å². The van der Waals surface area contributed by atoms with Crippen molar-refractivity contribution >= 4 is 29.2 Å². The molecule has 3 nitrogen and oxygen atoms in total. The molecule has 0 fully saturated rings. The number of hydrogen-bond donors (Lipinski definition) is 0. The zero-order valence-electron chi connectivity index (χ0n) is 9.72. The Morgan fingerprint density at radius 3 is 2.71 bits per heavy atom. The number of carbonyl (C=O) groups excluding carboxylic acids is 1. The molecule has 17 heavy (non-hydrogen) atoms. The number of halogens is 2. The summed E-state index contributed by atoms with van der Waals surface area (Å²) in [5.74, 6) is -0.264. The first kappa shape index (κ1) is 12.7. The summed E-state index contributed by atoms with van der Waals surface area (Å²) in [6.45, 7) is 1.91. The third kappa shape index (κ3) is 2.26. The second kappa shape index (κ2) is 4.83. The van der Waals surface area contributed by atoms with Gasteiger partial charge in [-0.15, -0.1) is 0 Å². The fourth-order valence-corrected chi connectivity index (χ4v) is 2.81. The largest absolute Gasteiger partial charge is 0.469 e. The van der Waals surface area contributed by atoms with Crippen molar-refractivity contribution < 1.29 is 9.53 Å². The first-order chi connectivity index (χ1) is 8.04. The van der Waals surface area contributed by atoms with E-state index in [1.807, 2.05) is 6.92 Å². The van der Waals surface area contributed by atoms with Crippen molar-refractivity contribution in [1.29, 1.82) is 0 Å². The molecule has 0 aromatic carbocycles. The Morgan fingerprint density at radius 1 is 1.35 bits per heavy atom. The van der Waals surface area contributed by atoms with Gasteiger partial charge < -0.3 is 4.74 Å². The van der Waals surface area contributed by atoms with Gasteiger partial charge >= 0.3 is 5.97 Å². The number of esters is 1. The monoisotopic (exact) mass is 273 g/mol. The number of carbonyl (C=O) groups is 1. The Labute approximate surface area is 110 Å². The Morgan fingerprint density at radius 2 is 2.06 bits per heavy atom. The molecule has 92 valence electrons. The molecule has 5 heteroatoms. The number of hydrogen-bond acceptors (Lipinski definition) is 3. The maximum Gasteiger partial charge on any atom is 0.309 e. The minimum Gasteiger partial charge on any atom is -0.469 e. The summed E-state index contributed by atoms with van der Waals surface area (Å²) >= 11 is 12.1. The number of nitrogens with zero attached hydrogens (tertiary/aromatic N) is 1. The fourth-order valence-electron chi connectivity index (χ4n) is 2.28. The first-order valence-electron chi connectivity index (χ1n) is 5.45. The van der Waals surface area contributed by atoms with Crippen molar-refractivity contribution in [2.45, 2.75) is 26.2 Å². The lowest BCUT2D eigenvalue weighted by Crippen LogP contribution is -2.25. The van der Waals surface area contributed by atoms with Crippen molar-refractivity contribution in [2.75, 3.05) is 7.11 Å². The molecule has 0 N–H and O–H groups in total. The SMILES string of the molecule is COC(=O)C1CCc2c(Cl)nc(Cl)c(C)c2C1. The Hall–Kier alpha value is -0.800. The van der Waals surface area contributed by atoms with Crippen molar-refractivity contribution in [1.82, 2.24) is 4.98 Å². The summed E-state index contributed by atoms with van der Waals surface area (Å²) in [7, 11) is 1.41. The molecule has 1 aromatic heterocycles. The molecule has 1 aromatic rings. The lowest BCUT2D eigenvalue weighted by molar-refractivity contribution is -0.145. The average Bonchev–Trinajstić information content (AvgIpc) is 2.34. The van der Waals surface area contributed by atoms with Gasteiger partial charge in [0.1, 0.15) is 10.3 Å². The van der Waals surface area contributed by atoms with E-state index in [1.54, 1.807) is 0 Å². The Kier molecular flexibility index (Phi) is 3.59. The number of pyridine rings is 1. The summed E-state index contributed by atoms with van der Waals surface area (Å²) < 4.78 is 4.78. The van der Waals surface area contributed by atoms with Crippen LogP contribution in [0.4, 0.5) is 0 Å². The van der Waals surface area contributed by atoms with E-state index in [9.17, 15) is 4.79 Å². The summed E-state index contributed by atoms with van der Waals surface area (Å²) in [6.07, 6.45) is 2.14. The second-order valence-electron chi connectivity index (χ2n) is 4.24. The maximum absolute atomic E-state index is 11.6. The van der Waals surface area contributed by atoms with E-state index in [4.69, 9.17) is 27.9 Å². The second-order valence-corrected chi connectivity index (χ2v) is 4.95. The molecule has 0 amide bonds. The van der Waals surface area contributed by atoms with E-state index in [2.05, 4.69) is 4.98 Å². The predicted molar refractivity (Wildman–Crippen MR) is 66.5 cm³/mol. The molecule has 0 saturated heterocycles. The van der Waals surface area contributed by atoms with Gasteiger partial charge in [0.05, 0.1) is 13.0 Å². The molecular weight excluding hydrogens is 261 g/mol. The molecule has 1 atom stereocenters. The minimum absolute atomic E-state index is 0.0965. The number of aromatic nitrogens is 1. The summed E-state index contributed by atoms with van der Waals surface area (Å²) in [6, 6.07) is 0. The quantitative estimate of drug-likeness (QED) is 0.583. The van der Waals surface area contributed by atoms with E-state index in [0.717, 1.165) is 29.5 Å². The lowest BCUT2D eigenvalue weighted by atomic mass is 9.83. The lowest BCUT2D eigenvalue weighted by Gasteiger charge is -2.25. The fraction of sp³-hybridized carbons (Fsp3) is 0.500. The minimum atomic E-state index is -0.167. The molecule has 1 heterocycles. The van der Waals surface area contributed by atoms with Gasteiger partial charge in [-0.1, -0.05) is 23.2 Å². The third-order valence-electron chi connectivity index (χ3n) is 3.30. The highest BCUT2D eigenvalue weighted by molar-refractivity contribution is 6.33. The summed E-state index contributed by atoms with van der Waals surface area (Å²) in [4.78, 5) is 15.6. The topological polar surface area (TPSA) is 39.2 Å². The van der Waals surface area contributed by atoms with Crippen LogP contribution in [0.15, 0.2) is 0 Å². The smallest absolute Gasteiger partial charge is 0.309 e. The highest BCUT2D eigenvalue weighted by atomic mass is 35.5. The van der Waals surface area contributed by atoms with Gasteiger partial charge in [-0.05, 0) is 42.9 Å². The standard InChI is InChI=1S/C12H13Cl2NO2/c1-6-9-5-7(12(16)17-2)3-4-8(9)11(14)15-10(6)13/h7H,3-5H2,1-2H3. The number of rotatable bonds is 1. The highest BCUT2D eigenvalue weighted by Gasteiger charge is 2.28. The molecule has 0 radical (unpaired) electrons. The molecule has 0 saturated carbocycles. The van der Waals surface area contributed by atoms with E-state index < -0.39 is 0 Å². The van der Waals surface area contributed by atoms with Crippen LogP contribution in [-0.4, -0.2) is 18.1 Å². The Bertz CT molecular complexity index is 474. The first-order valence-corrected chi connectivity index (χ1v) is 6.21. The van der Waals surface area contributed by atoms with Gasteiger partial charge in [0.15, 0.2) is 0 Å². The van der Waals surface area contributed by atoms with E-state index in [0.29, 0.717) is 16.7 Å². The zero-order chi connectivity index (χ0) is 12.6. The van der Waals surface area contributed by atoms with Gasteiger partial charge in [0.25, 0.3) is 0 Å². The van der Waals surface area contributed by atoms with Crippen LogP contribution in [0.2, 0.25) is 10.3 Å². The molecule has 2 rings (SSSR count). The average molecular weight is 274 g/mol. The molecule has 1 aliphatic rings. The molecule has 0 spiro atoms. The van der Waals surface area contributed by atoms with Gasteiger partial charge in [-0.25, -0.2) is 4.98 Å². The normalized spacial score (nSPS) is 18.7. The van der Waals surface area contributed by atoms with Crippen LogP contribution >= 0.6 is 23.2 Å². The van der Waals surface area contributed by atoms with Crippen molar-refractivity contribution in [3.05, 3.63) is 27.0 Å². The van der Waals surface area contributed by atoms with Crippen molar-refractivity contribution in [3.63, 3.8) is 0 Å². The van der Waals surface area contributed by atoms with Gasteiger partial charge in [0, 0.05) is 0 Å². The number of ether oxygens (including phenoxy) is 1. The molecule has 0 aliphatic heterocycles. The predicted octanol–water partition coefficient (Wildman–Crippen LogP) is 2.97. The van der Waals surface area contributed by atoms with Crippen LogP contribution in [0.5, 0.6) is 0 Å². The van der Waals surface area contributed by atoms with Crippen LogP contribution in [0.25, 0.3) is 0 Å². The van der Waals surface area contributed by atoms with Gasteiger partial charge in [0.2, 0.25) is 0 Å². The summed E-state index contributed by atoms with van der Waals surface area (Å²) in [5.41, 5.74) is 2.99. The van der Waals surface area contributed by atoms with Crippen molar-refractivity contribution in [3.8, 4) is 0 Å². The van der Waals surface area contributed by atoms with Crippen LogP contribution in [-0.2, 0) is 22.4 Å². The van der Waals surface area contributed by atoms with E-state index in [-0.39, 0.29) is 11.9 Å². The van der Waals surface area contributed by atoms with E-state index in [1.165, 1.54) is 7.11 Å². The van der Waals surface area contributed by atoms with Crippen LogP contribution in [0.1, 0.15) is 23.1 Å². The molecule has 1 unspecified atom stereocenters. The maximum atomic E-state index is 11.6. The zero-order valence-corrected chi connectivity index (χ0v) is 11.2.